The molecule has 5 rings (SSSR count). The maximum Gasteiger partial charge on any atom is 0.223 e. The van der Waals surface area contributed by atoms with Gasteiger partial charge in [-0.25, -0.2) is 4.98 Å². The summed E-state index contributed by atoms with van der Waals surface area (Å²) < 4.78 is 5.42. The quantitative estimate of drug-likeness (QED) is 0.572. The van der Waals surface area contributed by atoms with Crippen molar-refractivity contribution in [3.8, 4) is 10.6 Å². The Morgan fingerprint density at radius 3 is 2.80 bits per heavy atom. The van der Waals surface area contributed by atoms with Gasteiger partial charge in [0.2, 0.25) is 5.91 Å². The average Bonchev–Trinajstić information content (AvgIpc) is 3.29. The summed E-state index contributed by atoms with van der Waals surface area (Å²) in [5.41, 5.74) is 2.36. The van der Waals surface area contributed by atoms with Crippen molar-refractivity contribution in [3.05, 3.63) is 40.9 Å². The van der Waals surface area contributed by atoms with Gasteiger partial charge in [0.15, 0.2) is 0 Å². The van der Waals surface area contributed by atoms with Crippen LogP contribution in [-0.4, -0.2) is 61.5 Å². The summed E-state index contributed by atoms with van der Waals surface area (Å²) in [6, 6.07) is 10.4. The lowest BCUT2D eigenvalue weighted by Crippen LogP contribution is -3.14. The number of hydrogen-bond donors (Lipinski definition) is 3. The van der Waals surface area contributed by atoms with E-state index in [1.54, 1.807) is 0 Å². The first kappa shape index (κ1) is 24.9. The van der Waals surface area contributed by atoms with Gasteiger partial charge in [-0.2, -0.15) is 0 Å². The van der Waals surface area contributed by atoms with Crippen molar-refractivity contribution in [2.75, 3.05) is 39.4 Å². The van der Waals surface area contributed by atoms with Gasteiger partial charge in [0.1, 0.15) is 18.1 Å². The number of nitrogens with one attached hydrogen (secondary N) is 2. The molecule has 190 valence electrons. The maximum absolute atomic E-state index is 13.0. The van der Waals surface area contributed by atoms with Gasteiger partial charge >= 0.3 is 0 Å². The third kappa shape index (κ3) is 4.93. The molecule has 1 amide bonds. The predicted molar refractivity (Wildman–Crippen MR) is 139 cm³/mol. The zero-order valence-corrected chi connectivity index (χ0v) is 22.1. The van der Waals surface area contributed by atoms with Gasteiger partial charge in [0.25, 0.3) is 0 Å². The van der Waals surface area contributed by atoms with E-state index in [4.69, 9.17) is 9.72 Å². The highest BCUT2D eigenvalue weighted by Crippen LogP contribution is 2.57. The summed E-state index contributed by atoms with van der Waals surface area (Å²) in [6.45, 7) is 11.8. The topological polar surface area (TPSA) is 75.9 Å². The molecule has 1 saturated carbocycles. The van der Waals surface area contributed by atoms with E-state index in [2.05, 4.69) is 43.4 Å². The molecule has 1 aromatic carbocycles. The molecule has 2 fully saturated rings. The monoisotopic (exact) mass is 498 g/mol. The highest BCUT2D eigenvalue weighted by molar-refractivity contribution is 7.15. The highest BCUT2D eigenvalue weighted by atomic mass is 32.1. The van der Waals surface area contributed by atoms with Crippen molar-refractivity contribution in [3.63, 3.8) is 0 Å². The molecular formula is C28H40N3O3S+. The second-order valence-corrected chi connectivity index (χ2v) is 12.3. The lowest BCUT2D eigenvalue weighted by Gasteiger charge is -2.53. The highest BCUT2D eigenvalue weighted by Gasteiger charge is 2.53. The molecule has 35 heavy (non-hydrogen) atoms. The van der Waals surface area contributed by atoms with E-state index in [1.807, 2.05) is 24.3 Å². The number of quaternary nitrogens is 1. The van der Waals surface area contributed by atoms with Gasteiger partial charge in [0.05, 0.1) is 38.1 Å². The van der Waals surface area contributed by atoms with Gasteiger partial charge in [-0.05, 0) is 36.5 Å². The first-order chi connectivity index (χ1) is 16.9. The van der Waals surface area contributed by atoms with Crippen molar-refractivity contribution in [2.45, 2.75) is 52.1 Å². The van der Waals surface area contributed by atoms with Crippen molar-refractivity contribution in [1.29, 1.82) is 0 Å². The molecule has 3 aliphatic rings. The first-order valence-corrected chi connectivity index (χ1v) is 14.1. The summed E-state index contributed by atoms with van der Waals surface area (Å²) in [7, 11) is 0. The Kier molecular flexibility index (Phi) is 7.31. The molecule has 0 spiro atoms. The first-order valence-electron chi connectivity index (χ1n) is 13.3. The van der Waals surface area contributed by atoms with Crippen molar-refractivity contribution in [1.82, 2.24) is 10.3 Å². The van der Waals surface area contributed by atoms with E-state index >= 15 is 0 Å². The molecule has 2 heterocycles. The normalized spacial score (nSPS) is 31.9. The van der Waals surface area contributed by atoms with Gasteiger partial charge in [-0.3, -0.25) is 4.79 Å². The summed E-state index contributed by atoms with van der Waals surface area (Å²) >= 11 is 1.81. The SMILES string of the molecule is C[C@H](C(=O)NCC[NH+]1CCOCC1)[C@@H]1CC[C@@]2(C)Cc3sc(-c4ccccc4)nc3[C@@H](C)[C@@H]2[C@H]1O. The van der Waals surface area contributed by atoms with Crippen LogP contribution >= 0.6 is 11.3 Å². The van der Waals surface area contributed by atoms with E-state index in [0.717, 1.165) is 68.4 Å². The molecule has 1 saturated heterocycles. The van der Waals surface area contributed by atoms with Crippen LogP contribution in [0.15, 0.2) is 30.3 Å². The van der Waals surface area contributed by atoms with Crippen LogP contribution < -0.4 is 10.2 Å². The molecule has 0 unspecified atom stereocenters. The molecular weight excluding hydrogens is 458 g/mol. The molecule has 2 aromatic rings. The van der Waals surface area contributed by atoms with E-state index in [1.165, 1.54) is 9.78 Å². The fourth-order valence-corrected chi connectivity index (χ4v) is 8.25. The Bertz CT molecular complexity index is 1020. The van der Waals surface area contributed by atoms with Crippen molar-refractivity contribution < 1.29 is 19.5 Å². The van der Waals surface area contributed by atoms with Crippen LogP contribution in [0.4, 0.5) is 0 Å². The fourth-order valence-electron chi connectivity index (χ4n) is 6.88. The van der Waals surface area contributed by atoms with Crippen LogP contribution in [0.25, 0.3) is 10.6 Å². The number of nitrogens with zero attached hydrogens (tertiary/aromatic N) is 1. The molecule has 2 aliphatic carbocycles. The van der Waals surface area contributed by atoms with Crippen LogP contribution in [0, 0.1) is 23.2 Å². The number of morpholine rings is 1. The largest absolute Gasteiger partial charge is 0.392 e. The number of fused-ring (bicyclic) bond motifs is 2. The minimum Gasteiger partial charge on any atom is -0.392 e. The Morgan fingerprint density at radius 1 is 1.31 bits per heavy atom. The summed E-state index contributed by atoms with van der Waals surface area (Å²) in [5.74, 6) is 0.163. The van der Waals surface area contributed by atoms with Gasteiger partial charge in [-0.15, -0.1) is 11.3 Å². The second kappa shape index (κ2) is 10.3. The van der Waals surface area contributed by atoms with E-state index in [0.29, 0.717) is 6.54 Å². The Labute approximate surface area is 213 Å². The number of rotatable bonds is 6. The third-order valence-electron chi connectivity index (χ3n) is 8.98. The molecule has 6 atom stereocenters. The number of hydrogen-bond acceptors (Lipinski definition) is 5. The standard InChI is InChI=1S/C28H39N3O3S/c1-18(26(33)29-11-12-31-13-15-34-16-14-31)21-9-10-28(3)17-22-24(19(2)23(28)25(21)32)30-27(35-22)20-7-5-4-6-8-20/h4-8,18-19,21,23,25,32H,9-17H2,1-3H3,(H,29,33)/p+1/t18-,19-,21-,23+,25-,28-/m0/s1. The van der Waals surface area contributed by atoms with Gasteiger partial charge < -0.3 is 20.1 Å². The number of carbonyl (C=O) groups is 1. The lowest BCUT2D eigenvalue weighted by atomic mass is 9.53. The number of amides is 1. The van der Waals surface area contributed by atoms with Crippen LogP contribution in [0.2, 0.25) is 0 Å². The van der Waals surface area contributed by atoms with Gasteiger partial charge in [0, 0.05) is 22.3 Å². The van der Waals surface area contributed by atoms with E-state index in [-0.39, 0.29) is 35.0 Å². The minimum atomic E-state index is -0.496. The third-order valence-corrected chi connectivity index (χ3v) is 10.1. The smallest absolute Gasteiger partial charge is 0.223 e. The average molecular weight is 499 g/mol. The Balaban J connectivity index is 1.27. The summed E-state index contributed by atoms with van der Waals surface area (Å²) in [5, 5.41) is 15.9. The number of thiazole rings is 1. The number of aliphatic hydroxyl groups is 1. The summed E-state index contributed by atoms with van der Waals surface area (Å²) in [4.78, 5) is 21.0. The van der Waals surface area contributed by atoms with Crippen LogP contribution in [-0.2, 0) is 16.0 Å². The fraction of sp³-hybridized carbons (Fsp3) is 0.643. The predicted octanol–water partition coefficient (Wildman–Crippen LogP) is 2.53. The molecule has 0 bridgehead atoms. The minimum absolute atomic E-state index is 0.0139. The second-order valence-electron chi connectivity index (χ2n) is 11.2. The zero-order valence-electron chi connectivity index (χ0n) is 21.3. The lowest BCUT2D eigenvalue weighted by molar-refractivity contribution is -0.906. The molecule has 7 heteroatoms. The number of ether oxygens (including phenoxy) is 1. The Morgan fingerprint density at radius 2 is 2.06 bits per heavy atom. The molecule has 0 radical (unpaired) electrons. The number of aromatic nitrogens is 1. The maximum atomic E-state index is 13.0. The molecule has 1 aromatic heterocycles. The van der Waals surface area contributed by atoms with Crippen LogP contribution in [0.5, 0.6) is 0 Å². The van der Waals surface area contributed by atoms with Crippen LogP contribution in [0.3, 0.4) is 0 Å². The van der Waals surface area contributed by atoms with Crippen molar-refractivity contribution in [2.24, 2.45) is 23.2 Å². The molecule has 6 nitrogen and oxygen atoms in total. The van der Waals surface area contributed by atoms with E-state index in [9.17, 15) is 9.90 Å². The Hall–Kier alpha value is -1.80. The van der Waals surface area contributed by atoms with Crippen LogP contribution in [0.1, 0.15) is 50.1 Å². The number of benzene rings is 1. The van der Waals surface area contributed by atoms with E-state index < -0.39 is 6.10 Å². The molecule has 1 aliphatic heterocycles. The number of carbonyl (C=O) groups excluding carboxylic acids is 1. The molecule has 3 N–H and O–H groups in total. The number of aliphatic hydroxyl groups excluding tert-OH is 1. The van der Waals surface area contributed by atoms with Gasteiger partial charge in [-0.1, -0.05) is 51.1 Å². The summed E-state index contributed by atoms with van der Waals surface area (Å²) in [6.07, 6.45) is 2.40. The van der Waals surface area contributed by atoms with Crippen molar-refractivity contribution >= 4 is 17.2 Å². The zero-order chi connectivity index (χ0) is 24.6.